The first kappa shape index (κ1) is 12.8. The minimum atomic E-state index is -0.331. The van der Waals surface area contributed by atoms with E-state index in [-0.39, 0.29) is 23.7 Å². The third-order valence-corrected chi connectivity index (χ3v) is 4.49. The molecule has 21 heavy (non-hydrogen) atoms. The van der Waals surface area contributed by atoms with Crippen LogP contribution in [0.5, 0.6) is 0 Å². The highest BCUT2D eigenvalue weighted by Gasteiger charge is 2.30. The molecular formula is C15H18N4O2. The van der Waals surface area contributed by atoms with E-state index in [1.807, 2.05) is 19.1 Å². The fourth-order valence-corrected chi connectivity index (χ4v) is 3.12. The van der Waals surface area contributed by atoms with Crippen LogP contribution in [0.4, 0.5) is 5.82 Å². The molecule has 0 unspecified atom stereocenters. The summed E-state index contributed by atoms with van der Waals surface area (Å²) in [7, 11) is 0. The maximum atomic E-state index is 12.4. The van der Waals surface area contributed by atoms with Gasteiger partial charge in [0.1, 0.15) is 11.5 Å². The second-order valence-electron chi connectivity index (χ2n) is 5.96. The smallest absolute Gasteiger partial charge is 0.351 e. The standard InChI is InChI=1S/C15H18N4O2/c1-8-12(6-7-21-8)19-14-10(13(16)18-15(19)20)4-5-11(17-14)9-2-3-9/h4-5,8-9,12H,2-3,6-7H2,1H3,(H2,16,18,20)/t8-,12+/m1/s1. The molecule has 2 aromatic rings. The van der Waals surface area contributed by atoms with E-state index in [0.717, 1.165) is 17.5 Å². The summed E-state index contributed by atoms with van der Waals surface area (Å²) in [6.07, 6.45) is 3.14. The number of hydrogen-bond donors (Lipinski definition) is 1. The van der Waals surface area contributed by atoms with E-state index < -0.39 is 0 Å². The first-order valence-corrected chi connectivity index (χ1v) is 7.45. The van der Waals surface area contributed by atoms with Crippen LogP contribution in [0, 0.1) is 0 Å². The minimum Gasteiger partial charge on any atom is -0.383 e. The van der Waals surface area contributed by atoms with E-state index in [1.54, 1.807) is 4.57 Å². The molecule has 6 heteroatoms. The summed E-state index contributed by atoms with van der Waals surface area (Å²) in [6, 6.07) is 3.92. The number of fused-ring (bicyclic) bond motifs is 1. The number of pyridine rings is 1. The number of rotatable bonds is 2. The topological polar surface area (TPSA) is 83.0 Å². The Balaban J connectivity index is 1.98. The van der Waals surface area contributed by atoms with Gasteiger partial charge >= 0.3 is 5.69 Å². The Morgan fingerprint density at radius 1 is 1.29 bits per heavy atom. The lowest BCUT2D eigenvalue weighted by Gasteiger charge is -2.19. The van der Waals surface area contributed by atoms with Gasteiger partial charge in [-0.05, 0) is 38.3 Å². The van der Waals surface area contributed by atoms with Crippen molar-refractivity contribution in [1.29, 1.82) is 0 Å². The fraction of sp³-hybridized carbons (Fsp3) is 0.533. The monoisotopic (exact) mass is 286 g/mol. The Labute approximate surface area is 122 Å². The average Bonchev–Trinajstić information content (AvgIpc) is 3.23. The zero-order valence-corrected chi connectivity index (χ0v) is 12.0. The van der Waals surface area contributed by atoms with E-state index in [2.05, 4.69) is 4.98 Å². The molecule has 1 saturated carbocycles. The zero-order valence-electron chi connectivity index (χ0n) is 12.0. The molecule has 1 saturated heterocycles. The maximum absolute atomic E-state index is 12.4. The molecule has 0 aromatic carbocycles. The van der Waals surface area contributed by atoms with Crippen molar-refractivity contribution >= 4 is 16.9 Å². The molecule has 1 aliphatic carbocycles. The van der Waals surface area contributed by atoms with Crippen LogP contribution in [0.3, 0.4) is 0 Å². The molecule has 0 bridgehead atoms. The quantitative estimate of drug-likeness (QED) is 0.906. The van der Waals surface area contributed by atoms with E-state index >= 15 is 0 Å². The summed E-state index contributed by atoms with van der Waals surface area (Å²) in [5, 5.41) is 0.748. The number of ether oxygens (including phenoxy) is 1. The summed E-state index contributed by atoms with van der Waals surface area (Å²) < 4.78 is 7.27. The summed E-state index contributed by atoms with van der Waals surface area (Å²) >= 11 is 0. The van der Waals surface area contributed by atoms with Crippen molar-refractivity contribution in [3.63, 3.8) is 0 Å². The van der Waals surface area contributed by atoms with Crippen molar-refractivity contribution in [2.75, 3.05) is 12.3 Å². The van der Waals surface area contributed by atoms with Crippen molar-refractivity contribution < 1.29 is 4.74 Å². The van der Waals surface area contributed by atoms with E-state index in [9.17, 15) is 4.79 Å². The van der Waals surface area contributed by atoms with Gasteiger partial charge in [-0.1, -0.05) is 0 Å². The van der Waals surface area contributed by atoms with Gasteiger partial charge in [0.15, 0.2) is 0 Å². The number of nitrogen functional groups attached to an aromatic ring is 1. The van der Waals surface area contributed by atoms with Crippen LogP contribution in [0.25, 0.3) is 11.0 Å². The Hall–Kier alpha value is -1.95. The van der Waals surface area contributed by atoms with E-state index in [4.69, 9.17) is 15.5 Å². The van der Waals surface area contributed by atoms with Gasteiger partial charge in [0.2, 0.25) is 0 Å². The van der Waals surface area contributed by atoms with Crippen molar-refractivity contribution in [1.82, 2.24) is 14.5 Å². The Morgan fingerprint density at radius 3 is 2.76 bits per heavy atom. The third kappa shape index (κ3) is 2.01. The Morgan fingerprint density at radius 2 is 2.10 bits per heavy atom. The van der Waals surface area contributed by atoms with Crippen LogP contribution < -0.4 is 11.4 Å². The highest BCUT2D eigenvalue weighted by molar-refractivity contribution is 5.85. The number of aromatic nitrogens is 3. The normalized spacial score (nSPS) is 25.6. The van der Waals surface area contributed by atoms with Gasteiger partial charge in [-0.15, -0.1) is 0 Å². The van der Waals surface area contributed by atoms with E-state index in [1.165, 1.54) is 12.8 Å². The first-order chi connectivity index (χ1) is 10.1. The van der Waals surface area contributed by atoms with Crippen LogP contribution in [0.1, 0.15) is 43.8 Å². The van der Waals surface area contributed by atoms with Crippen LogP contribution in [-0.4, -0.2) is 27.2 Å². The molecule has 1 aliphatic heterocycles. The SMILES string of the molecule is C[C@H]1OCC[C@@H]1n1c(=O)nc(N)c2ccc(C3CC3)nc21. The molecular weight excluding hydrogens is 268 g/mol. The predicted octanol–water partition coefficient (Wildman–Crippen LogP) is 1.60. The molecule has 2 atom stereocenters. The Kier molecular flexibility index (Phi) is 2.75. The predicted molar refractivity (Wildman–Crippen MR) is 79.3 cm³/mol. The summed E-state index contributed by atoms with van der Waals surface area (Å²) in [6.45, 7) is 2.64. The largest absolute Gasteiger partial charge is 0.383 e. The van der Waals surface area contributed by atoms with Crippen LogP contribution >= 0.6 is 0 Å². The van der Waals surface area contributed by atoms with Crippen molar-refractivity contribution in [2.45, 2.75) is 44.2 Å². The van der Waals surface area contributed by atoms with Gasteiger partial charge in [-0.2, -0.15) is 4.98 Å². The lowest BCUT2D eigenvalue weighted by molar-refractivity contribution is 0.107. The second-order valence-corrected chi connectivity index (χ2v) is 5.96. The molecule has 2 aliphatic rings. The van der Waals surface area contributed by atoms with Gasteiger partial charge < -0.3 is 10.5 Å². The number of hydrogen-bond acceptors (Lipinski definition) is 5. The highest BCUT2D eigenvalue weighted by Crippen LogP contribution is 2.40. The summed E-state index contributed by atoms with van der Waals surface area (Å²) in [5.74, 6) is 0.789. The third-order valence-electron chi connectivity index (χ3n) is 4.49. The molecule has 0 spiro atoms. The molecule has 3 heterocycles. The lowest BCUT2D eigenvalue weighted by Crippen LogP contribution is -2.32. The molecule has 2 aromatic heterocycles. The molecule has 6 nitrogen and oxygen atoms in total. The molecule has 2 N–H and O–H groups in total. The van der Waals surface area contributed by atoms with Crippen molar-refractivity contribution in [3.05, 3.63) is 28.3 Å². The van der Waals surface area contributed by atoms with Gasteiger partial charge in [0.25, 0.3) is 0 Å². The first-order valence-electron chi connectivity index (χ1n) is 7.45. The van der Waals surface area contributed by atoms with Gasteiger partial charge in [-0.3, -0.25) is 4.57 Å². The Bertz CT molecular complexity index is 766. The average molecular weight is 286 g/mol. The number of anilines is 1. The van der Waals surface area contributed by atoms with Crippen molar-refractivity contribution in [3.8, 4) is 0 Å². The molecule has 110 valence electrons. The summed E-state index contributed by atoms with van der Waals surface area (Å²) in [4.78, 5) is 21.0. The van der Waals surface area contributed by atoms with Crippen LogP contribution in [0.15, 0.2) is 16.9 Å². The molecule has 4 rings (SSSR count). The van der Waals surface area contributed by atoms with Crippen molar-refractivity contribution in [2.24, 2.45) is 0 Å². The van der Waals surface area contributed by atoms with Crippen LogP contribution in [0.2, 0.25) is 0 Å². The molecule has 0 radical (unpaired) electrons. The van der Waals surface area contributed by atoms with Gasteiger partial charge in [0.05, 0.1) is 17.5 Å². The lowest BCUT2D eigenvalue weighted by atomic mass is 10.1. The second kappa shape index (κ2) is 4.53. The zero-order chi connectivity index (χ0) is 14.6. The molecule has 2 fully saturated rings. The van der Waals surface area contributed by atoms with E-state index in [0.29, 0.717) is 18.2 Å². The van der Waals surface area contributed by atoms with Gasteiger partial charge in [-0.25, -0.2) is 9.78 Å². The van der Waals surface area contributed by atoms with Gasteiger partial charge in [0, 0.05) is 18.2 Å². The summed E-state index contributed by atoms with van der Waals surface area (Å²) in [5.41, 5.74) is 7.28. The number of nitrogens with two attached hydrogens (primary N) is 1. The highest BCUT2D eigenvalue weighted by atomic mass is 16.5. The maximum Gasteiger partial charge on any atom is 0.351 e. The molecule has 0 amide bonds. The number of nitrogens with zero attached hydrogens (tertiary/aromatic N) is 3. The minimum absolute atomic E-state index is 0.0114. The van der Waals surface area contributed by atoms with Crippen LogP contribution in [-0.2, 0) is 4.74 Å². The fourth-order valence-electron chi connectivity index (χ4n) is 3.12.